The summed E-state index contributed by atoms with van der Waals surface area (Å²) in [6.07, 6.45) is 2.65. The Balaban J connectivity index is 3.49. The molecule has 3 nitrogen and oxygen atoms in total. The van der Waals surface area contributed by atoms with E-state index < -0.39 is 0 Å². The monoisotopic (exact) mass is 125 g/mol. The minimum Gasteiger partial charge on any atom is -0.262 e. The summed E-state index contributed by atoms with van der Waals surface area (Å²) in [5.74, 6) is 0.520. The molecule has 0 aliphatic heterocycles. The van der Waals surface area contributed by atoms with Gasteiger partial charge in [0.25, 0.3) is 0 Å². The molecule has 9 heavy (non-hydrogen) atoms. The van der Waals surface area contributed by atoms with Crippen LogP contribution in [0.2, 0.25) is 0 Å². The molecule has 0 aromatic heterocycles. The number of hydrazone groups is 1. The topological polar surface area (TPSA) is 36.8 Å². The molecule has 0 unspecified atom stereocenters. The first-order valence-corrected chi connectivity index (χ1v) is 2.74. The van der Waals surface area contributed by atoms with Gasteiger partial charge < -0.3 is 0 Å². The van der Waals surface area contributed by atoms with Crippen LogP contribution in [0.4, 0.5) is 0 Å². The fraction of sp³-hybridized carbons (Fsp3) is 0.333. The lowest BCUT2D eigenvalue weighted by Gasteiger charge is -1.93. The van der Waals surface area contributed by atoms with E-state index >= 15 is 0 Å². The molecule has 0 aliphatic rings. The molecule has 1 N–H and O–H groups in total. The summed E-state index contributed by atoms with van der Waals surface area (Å²) < 4.78 is 0. The average molecular weight is 125 g/mol. The van der Waals surface area contributed by atoms with Gasteiger partial charge in [-0.25, -0.2) is 4.99 Å². The van der Waals surface area contributed by atoms with Gasteiger partial charge in [-0.1, -0.05) is 13.5 Å². The first-order chi connectivity index (χ1) is 4.31. The lowest BCUT2D eigenvalue weighted by molar-refractivity contribution is 0.886. The fourth-order valence-electron chi connectivity index (χ4n) is 0.322. The third-order valence-electron chi connectivity index (χ3n) is 0.638. The predicted octanol–water partition coefficient (Wildman–Crippen LogP) is 1.14. The van der Waals surface area contributed by atoms with Crippen LogP contribution >= 0.6 is 0 Å². The highest BCUT2D eigenvalue weighted by molar-refractivity contribution is 5.58. The Morgan fingerprint density at radius 3 is 2.89 bits per heavy atom. The van der Waals surface area contributed by atoms with Gasteiger partial charge in [-0.2, -0.15) is 5.10 Å². The van der Waals surface area contributed by atoms with Gasteiger partial charge in [0.1, 0.15) is 5.82 Å². The van der Waals surface area contributed by atoms with Crippen LogP contribution in [0, 0.1) is 0 Å². The minimum absolute atomic E-state index is 0.520. The first-order valence-electron chi connectivity index (χ1n) is 2.74. The number of nitrogens with zero attached hydrogens (tertiary/aromatic N) is 2. The van der Waals surface area contributed by atoms with Crippen molar-refractivity contribution < 1.29 is 0 Å². The summed E-state index contributed by atoms with van der Waals surface area (Å²) in [5, 5.41) is 3.38. The van der Waals surface area contributed by atoms with Crippen molar-refractivity contribution in [2.24, 2.45) is 10.1 Å². The normalized spacial score (nSPS) is 9.44. The molecule has 0 spiro atoms. The number of aliphatic imine (C=N–C) groups is 1. The van der Waals surface area contributed by atoms with Crippen LogP contribution in [0.3, 0.4) is 0 Å². The number of rotatable bonds is 4. The Kier molecular flexibility index (Phi) is 4.40. The molecule has 0 saturated carbocycles. The van der Waals surface area contributed by atoms with E-state index in [1.807, 2.05) is 6.92 Å². The molecule has 50 valence electrons. The highest BCUT2D eigenvalue weighted by Crippen LogP contribution is 1.83. The Bertz CT molecular complexity index is 126. The molecular weight excluding hydrogens is 114 g/mol. The highest BCUT2D eigenvalue weighted by atomic mass is 15.3. The fourth-order valence-corrected chi connectivity index (χ4v) is 0.322. The van der Waals surface area contributed by atoms with E-state index in [0.717, 1.165) is 6.42 Å². The van der Waals surface area contributed by atoms with Gasteiger partial charge >= 0.3 is 0 Å². The van der Waals surface area contributed by atoms with Crippen LogP contribution in [0.1, 0.15) is 13.3 Å². The standard InChI is InChI=1S/C6H11N3/c1-4-5-8-6(2)9-7-3/h5,9H,2-4H2,1H3/b8-5-. The number of nitrogens with one attached hydrogen (secondary N) is 1. The molecule has 0 fully saturated rings. The van der Waals surface area contributed by atoms with E-state index in [9.17, 15) is 0 Å². The van der Waals surface area contributed by atoms with E-state index in [1.54, 1.807) is 6.21 Å². The van der Waals surface area contributed by atoms with Gasteiger partial charge in [-0.15, -0.1) is 0 Å². The smallest absolute Gasteiger partial charge is 0.138 e. The molecule has 0 aromatic carbocycles. The van der Waals surface area contributed by atoms with Gasteiger partial charge in [0.15, 0.2) is 0 Å². The Labute approximate surface area is 55.2 Å². The molecule has 0 atom stereocenters. The van der Waals surface area contributed by atoms with E-state index in [2.05, 4.69) is 28.8 Å². The van der Waals surface area contributed by atoms with Crippen molar-refractivity contribution in [3.63, 3.8) is 0 Å². The maximum atomic E-state index is 3.87. The third kappa shape index (κ3) is 4.74. The molecule has 0 saturated heterocycles. The maximum absolute atomic E-state index is 3.87. The predicted molar refractivity (Wildman–Crippen MR) is 40.6 cm³/mol. The zero-order valence-electron chi connectivity index (χ0n) is 5.59. The van der Waals surface area contributed by atoms with Gasteiger partial charge in [0.05, 0.1) is 0 Å². The maximum Gasteiger partial charge on any atom is 0.138 e. The van der Waals surface area contributed by atoms with Gasteiger partial charge in [0, 0.05) is 12.9 Å². The zero-order chi connectivity index (χ0) is 7.11. The quantitative estimate of drug-likeness (QED) is 0.444. The van der Waals surface area contributed by atoms with Crippen LogP contribution in [-0.2, 0) is 0 Å². The lowest BCUT2D eigenvalue weighted by Crippen LogP contribution is -1.99. The Morgan fingerprint density at radius 2 is 2.44 bits per heavy atom. The van der Waals surface area contributed by atoms with Gasteiger partial charge in [-0.05, 0) is 6.42 Å². The van der Waals surface area contributed by atoms with Gasteiger partial charge in [-0.3, -0.25) is 5.43 Å². The molecule has 0 heterocycles. The number of hydrogen-bond acceptors (Lipinski definition) is 3. The van der Waals surface area contributed by atoms with Crippen molar-refractivity contribution in [3.8, 4) is 0 Å². The third-order valence-corrected chi connectivity index (χ3v) is 0.638. The molecule has 0 amide bonds. The molecule has 0 aliphatic carbocycles. The zero-order valence-corrected chi connectivity index (χ0v) is 5.59. The van der Waals surface area contributed by atoms with Crippen LogP contribution in [0.5, 0.6) is 0 Å². The molecule has 0 aromatic rings. The van der Waals surface area contributed by atoms with E-state index in [1.165, 1.54) is 0 Å². The van der Waals surface area contributed by atoms with Crippen molar-refractivity contribution in [2.45, 2.75) is 13.3 Å². The second-order valence-electron chi connectivity index (χ2n) is 1.44. The van der Waals surface area contributed by atoms with Crippen molar-refractivity contribution in [2.75, 3.05) is 0 Å². The average Bonchev–Trinajstić information content (AvgIpc) is 1.85. The summed E-state index contributed by atoms with van der Waals surface area (Å²) in [6, 6.07) is 0. The first kappa shape index (κ1) is 7.88. The van der Waals surface area contributed by atoms with Crippen molar-refractivity contribution in [3.05, 3.63) is 12.4 Å². The summed E-state index contributed by atoms with van der Waals surface area (Å²) >= 11 is 0. The second-order valence-corrected chi connectivity index (χ2v) is 1.44. The number of hydrogen-bond donors (Lipinski definition) is 1. The molecule has 0 radical (unpaired) electrons. The SMILES string of the molecule is C=NNC(=C)/N=C\CC. The van der Waals surface area contributed by atoms with Crippen LogP contribution < -0.4 is 5.43 Å². The van der Waals surface area contributed by atoms with E-state index in [-0.39, 0.29) is 0 Å². The van der Waals surface area contributed by atoms with Crippen molar-refractivity contribution >= 4 is 12.9 Å². The van der Waals surface area contributed by atoms with E-state index in [0.29, 0.717) is 5.82 Å². The van der Waals surface area contributed by atoms with Gasteiger partial charge in [0.2, 0.25) is 0 Å². The van der Waals surface area contributed by atoms with E-state index in [4.69, 9.17) is 0 Å². The highest BCUT2D eigenvalue weighted by Gasteiger charge is 1.78. The van der Waals surface area contributed by atoms with Crippen LogP contribution in [0.25, 0.3) is 0 Å². The molecular formula is C6H11N3. The van der Waals surface area contributed by atoms with Crippen LogP contribution in [-0.4, -0.2) is 12.9 Å². The summed E-state index contributed by atoms with van der Waals surface area (Å²) in [5.41, 5.74) is 2.50. The Hall–Kier alpha value is -1.12. The molecule has 0 rings (SSSR count). The summed E-state index contributed by atoms with van der Waals surface area (Å²) in [7, 11) is 0. The Morgan fingerprint density at radius 1 is 1.78 bits per heavy atom. The second kappa shape index (κ2) is 5.03. The summed E-state index contributed by atoms with van der Waals surface area (Å²) in [6.45, 7) is 8.75. The van der Waals surface area contributed by atoms with Crippen LogP contribution in [0.15, 0.2) is 22.5 Å². The van der Waals surface area contributed by atoms with Crippen molar-refractivity contribution in [1.29, 1.82) is 0 Å². The lowest BCUT2D eigenvalue weighted by atomic mass is 10.5. The molecule has 3 heteroatoms. The largest absolute Gasteiger partial charge is 0.262 e. The summed E-state index contributed by atoms with van der Waals surface area (Å²) in [4.78, 5) is 3.87. The minimum atomic E-state index is 0.520. The molecule has 0 bridgehead atoms. The van der Waals surface area contributed by atoms with Crippen molar-refractivity contribution in [1.82, 2.24) is 5.43 Å².